The first kappa shape index (κ1) is 27.7. The van der Waals surface area contributed by atoms with E-state index in [2.05, 4.69) is 13.8 Å². The Morgan fingerprint density at radius 3 is 2.63 bits per heavy atom. The molecule has 38 heavy (non-hydrogen) atoms. The van der Waals surface area contributed by atoms with E-state index in [1.165, 1.54) is 6.08 Å². The standard InChI is InChI=1S/C30H42O8/c1-16(2)21-14-24(31)18(4)20(27(21)33)8-7-13-34-26(32)15-25-19(5)23-10-9-17(3)22-11-12-29(6)36-28(35-25)30(22,23)38-37-29/h14,16-17,19,22-23,25,28H,7-13,15H2,1-6H3/t17-,19-,22+,23+,25-,28-,29-,30-/m1/s1. The van der Waals surface area contributed by atoms with Gasteiger partial charge in [-0.25, -0.2) is 9.78 Å². The summed E-state index contributed by atoms with van der Waals surface area (Å²) in [5, 5.41) is 0. The summed E-state index contributed by atoms with van der Waals surface area (Å²) >= 11 is 0. The van der Waals surface area contributed by atoms with Gasteiger partial charge in [0.05, 0.1) is 19.1 Å². The van der Waals surface area contributed by atoms with E-state index >= 15 is 0 Å². The fourth-order valence-corrected chi connectivity index (χ4v) is 7.41. The molecule has 0 aromatic heterocycles. The average Bonchev–Trinajstić information content (AvgIpc) is 3.09. The van der Waals surface area contributed by atoms with Gasteiger partial charge in [-0.2, -0.15) is 0 Å². The third-order valence-corrected chi connectivity index (χ3v) is 9.76. The zero-order chi connectivity index (χ0) is 27.4. The monoisotopic (exact) mass is 530 g/mol. The van der Waals surface area contributed by atoms with Gasteiger partial charge < -0.3 is 14.2 Å². The summed E-state index contributed by atoms with van der Waals surface area (Å²) in [5.74, 6) is -0.380. The Bertz CT molecular complexity index is 1060. The molecular formula is C30H42O8. The number of ketones is 2. The van der Waals surface area contributed by atoms with Crippen molar-refractivity contribution < 1.29 is 38.4 Å². The number of esters is 1. The predicted octanol–water partition coefficient (Wildman–Crippen LogP) is 5.00. The number of rotatable bonds is 7. The van der Waals surface area contributed by atoms with E-state index in [0.717, 1.165) is 25.7 Å². The highest BCUT2D eigenvalue weighted by Gasteiger charge is 2.69. The lowest BCUT2D eigenvalue weighted by atomic mass is 9.57. The van der Waals surface area contributed by atoms with Crippen LogP contribution in [0.3, 0.4) is 0 Å². The van der Waals surface area contributed by atoms with Gasteiger partial charge in [0.25, 0.3) is 0 Å². The average molecular weight is 531 g/mol. The topological polar surface area (TPSA) is 97.4 Å². The fraction of sp³-hybridized carbons (Fsp3) is 0.767. The maximum absolute atomic E-state index is 12.9. The zero-order valence-electron chi connectivity index (χ0n) is 23.5. The van der Waals surface area contributed by atoms with E-state index < -0.39 is 17.7 Å². The van der Waals surface area contributed by atoms with Crippen LogP contribution in [0.25, 0.3) is 0 Å². The maximum Gasteiger partial charge on any atom is 0.308 e. The molecule has 0 N–H and O–H groups in total. The van der Waals surface area contributed by atoms with Crippen LogP contribution < -0.4 is 0 Å². The van der Waals surface area contributed by atoms with Crippen LogP contribution in [0, 0.1) is 29.6 Å². The Hall–Kier alpha value is -1.87. The van der Waals surface area contributed by atoms with Crippen LogP contribution in [0.2, 0.25) is 0 Å². The Morgan fingerprint density at radius 2 is 1.89 bits per heavy atom. The number of allylic oxidation sites excluding steroid dienone is 4. The van der Waals surface area contributed by atoms with Gasteiger partial charge in [0, 0.05) is 29.1 Å². The predicted molar refractivity (Wildman–Crippen MR) is 137 cm³/mol. The highest BCUT2D eigenvalue weighted by molar-refractivity contribution is 6.22. The third kappa shape index (κ3) is 4.61. The van der Waals surface area contributed by atoms with Gasteiger partial charge in [0.1, 0.15) is 0 Å². The first-order chi connectivity index (χ1) is 18.0. The number of fused-ring (bicyclic) bond motifs is 2. The van der Waals surface area contributed by atoms with E-state index in [0.29, 0.717) is 35.5 Å². The Kier molecular flexibility index (Phi) is 7.48. The van der Waals surface area contributed by atoms with Gasteiger partial charge in [-0.15, -0.1) is 0 Å². The number of Topliss-reactive ketones (excluding diaryl/α,β-unsaturated/α-hetero) is 1. The summed E-state index contributed by atoms with van der Waals surface area (Å²) in [6.45, 7) is 12.0. The smallest absolute Gasteiger partial charge is 0.308 e. The number of carbonyl (C=O) groups is 3. The van der Waals surface area contributed by atoms with Crippen molar-refractivity contribution in [2.45, 2.75) is 110 Å². The lowest BCUT2D eigenvalue weighted by Gasteiger charge is -2.60. The third-order valence-electron chi connectivity index (χ3n) is 9.76. The molecule has 8 nitrogen and oxygen atoms in total. The van der Waals surface area contributed by atoms with Crippen LogP contribution in [0.15, 0.2) is 22.8 Å². The van der Waals surface area contributed by atoms with Crippen LogP contribution in [0.5, 0.6) is 0 Å². The van der Waals surface area contributed by atoms with Crippen molar-refractivity contribution in [3.63, 3.8) is 0 Å². The molecule has 5 fully saturated rings. The second-order valence-corrected chi connectivity index (χ2v) is 12.5. The van der Waals surface area contributed by atoms with Gasteiger partial charge in [-0.05, 0) is 75.7 Å². The quantitative estimate of drug-likeness (QED) is 0.196. The Morgan fingerprint density at radius 1 is 1.13 bits per heavy atom. The molecule has 4 saturated heterocycles. The lowest BCUT2D eigenvalue weighted by molar-refractivity contribution is -0.571. The molecule has 0 aromatic rings. The normalized spacial score (nSPS) is 40.7. The van der Waals surface area contributed by atoms with Crippen molar-refractivity contribution in [1.82, 2.24) is 0 Å². The first-order valence-electron chi connectivity index (χ1n) is 14.3. The summed E-state index contributed by atoms with van der Waals surface area (Å²) < 4.78 is 18.4. The summed E-state index contributed by atoms with van der Waals surface area (Å²) in [6.07, 6.45) is 5.33. The molecular weight excluding hydrogens is 488 g/mol. The second kappa shape index (κ2) is 10.3. The van der Waals surface area contributed by atoms with Gasteiger partial charge in [-0.3, -0.25) is 14.4 Å². The molecule has 0 radical (unpaired) electrons. The zero-order valence-corrected chi connectivity index (χ0v) is 23.5. The number of ether oxygens (including phenoxy) is 3. The molecule has 2 bridgehead atoms. The van der Waals surface area contributed by atoms with Crippen molar-refractivity contribution in [3.05, 3.63) is 22.8 Å². The van der Waals surface area contributed by atoms with Crippen molar-refractivity contribution in [2.24, 2.45) is 29.6 Å². The van der Waals surface area contributed by atoms with Crippen molar-refractivity contribution >= 4 is 17.5 Å². The van der Waals surface area contributed by atoms with E-state index in [1.807, 2.05) is 20.8 Å². The Labute approximate surface area is 225 Å². The van der Waals surface area contributed by atoms with Crippen LogP contribution in [-0.4, -0.2) is 47.9 Å². The van der Waals surface area contributed by atoms with Crippen molar-refractivity contribution in [2.75, 3.05) is 6.61 Å². The molecule has 2 aliphatic carbocycles. The molecule has 8 atom stereocenters. The van der Waals surface area contributed by atoms with Crippen LogP contribution in [0.4, 0.5) is 0 Å². The molecule has 1 spiro atoms. The molecule has 6 rings (SSSR count). The molecule has 4 heterocycles. The van der Waals surface area contributed by atoms with Crippen LogP contribution in [0.1, 0.15) is 86.5 Å². The SMILES string of the molecule is CC1=C(CCCOC(=O)C[C@H]2O[C@@H]3O[C@@]4(C)CC[C@H]5[C@H](C)CC[C@@H]([C@H]2C)[C@@]35OO4)C(=O)C(C(C)C)=CC1=O. The molecule has 4 aliphatic heterocycles. The van der Waals surface area contributed by atoms with E-state index in [1.54, 1.807) is 6.92 Å². The fourth-order valence-electron chi connectivity index (χ4n) is 7.41. The minimum Gasteiger partial charge on any atom is -0.466 e. The molecule has 210 valence electrons. The largest absolute Gasteiger partial charge is 0.466 e. The number of hydrogen-bond donors (Lipinski definition) is 0. The molecule has 0 aromatic carbocycles. The minimum absolute atomic E-state index is 0.0149. The summed E-state index contributed by atoms with van der Waals surface area (Å²) in [5.41, 5.74) is 0.920. The minimum atomic E-state index is -0.849. The van der Waals surface area contributed by atoms with E-state index in [4.69, 9.17) is 24.0 Å². The summed E-state index contributed by atoms with van der Waals surface area (Å²) in [6, 6.07) is 0. The molecule has 8 heteroatoms. The van der Waals surface area contributed by atoms with E-state index in [-0.39, 0.29) is 60.3 Å². The maximum atomic E-state index is 12.9. The van der Waals surface area contributed by atoms with Gasteiger partial charge in [-0.1, -0.05) is 27.7 Å². The van der Waals surface area contributed by atoms with Crippen LogP contribution in [-0.2, 0) is 38.4 Å². The molecule has 1 saturated carbocycles. The van der Waals surface area contributed by atoms with Gasteiger partial charge in [0.15, 0.2) is 23.5 Å². The van der Waals surface area contributed by atoms with Gasteiger partial charge in [0.2, 0.25) is 5.79 Å². The number of hydrogen-bond acceptors (Lipinski definition) is 8. The van der Waals surface area contributed by atoms with Crippen molar-refractivity contribution in [3.8, 4) is 0 Å². The van der Waals surface area contributed by atoms with Crippen molar-refractivity contribution in [1.29, 1.82) is 0 Å². The number of carbonyl (C=O) groups excluding carboxylic acids is 3. The molecule has 6 aliphatic rings. The Balaban J connectivity index is 1.19. The summed E-state index contributed by atoms with van der Waals surface area (Å²) in [4.78, 5) is 50.1. The second-order valence-electron chi connectivity index (χ2n) is 12.5. The highest BCUT2D eigenvalue weighted by atomic mass is 17.3. The van der Waals surface area contributed by atoms with Gasteiger partial charge >= 0.3 is 5.97 Å². The first-order valence-corrected chi connectivity index (χ1v) is 14.3. The van der Waals surface area contributed by atoms with Crippen LogP contribution >= 0.6 is 0 Å². The highest BCUT2D eigenvalue weighted by Crippen LogP contribution is 2.60. The molecule has 0 amide bonds. The molecule has 0 unspecified atom stereocenters. The summed E-state index contributed by atoms with van der Waals surface area (Å²) in [7, 11) is 0. The lowest BCUT2D eigenvalue weighted by Crippen LogP contribution is -2.70. The van der Waals surface area contributed by atoms with E-state index in [9.17, 15) is 14.4 Å².